The smallest absolute Gasteiger partial charge is 0.396 e. The summed E-state index contributed by atoms with van der Waals surface area (Å²) >= 11 is 0. The molecule has 0 saturated carbocycles. The first-order valence-corrected chi connectivity index (χ1v) is 30.3. The molecule has 6 rings (SSSR count). The molecule has 7 atom stereocenters. The molecule has 6 heterocycles. The molecule has 6 aliphatic heterocycles. The van der Waals surface area contributed by atoms with Crippen molar-refractivity contribution in [3.05, 3.63) is 0 Å². The minimum atomic E-state index is -4.41. The molecule has 0 bridgehead atoms. The van der Waals surface area contributed by atoms with Crippen molar-refractivity contribution in [1.29, 1.82) is 0 Å². The predicted molar refractivity (Wildman–Crippen MR) is 265 cm³/mol. The molecule has 0 aromatic heterocycles. The number of likely N-dealkylation sites (N-methyl/N-ethyl adjacent to an activating group) is 6. The molecule has 404 valence electrons. The fourth-order valence-corrected chi connectivity index (χ4v) is 15.4. The van der Waals surface area contributed by atoms with Gasteiger partial charge in [-0.25, -0.2) is 32.3 Å². The number of rotatable bonds is 23. The quantitative estimate of drug-likeness (QED) is 0.110. The highest BCUT2D eigenvalue weighted by atomic mass is 31.2. The first-order valence-electron chi connectivity index (χ1n) is 24.2. The molecule has 0 spiro atoms. The fraction of sp³-hybridized carbons (Fsp3) is 0.925. The summed E-state index contributed by atoms with van der Waals surface area (Å²) in [5.74, 6) is 1.53. The van der Waals surface area contributed by atoms with E-state index in [0.717, 1.165) is 25.9 Å². The van der Waals surface area contributed by atoms with Gasteiger partial charge in [-0.2, -0.15) is 14.3 Å². The zero-order valence-electron chi connectivity index (χ0n) is 42.7. The maximum Gasteiger partial charge on any atom is 0.472 e. The fourth-order valence-electron chi connectivity index (χ4n) is 8.44. The lowest BCUT2D eigenvalue weighted by molar-refractivity contribution is -0.0471. The second-order valence-corrected chi connectivity index (χ2v) is 26.8. The van der Waals surface area contributed by atoms with E-state index in [-0.39, 0.29) is 85.6 Å². The van der Waals surface area contributed by atoms with Crippen LogP contribution in [0.15, 0.2) is 14.3 Å². The van der Waals surface area contributed by atoms with Crippen LogP contribution in [0.5, 0.6) is 0 Å². The third-order valence-corrected chi connectivity index (χ3v) is 19.7. The van der Waals surface area contributed by atoms with Gasteiger partial charge in [0.15, 0.2) is 0 Å². The summed E-state index contributed by atoms with van der Waals surface area (Å²) in [7, 11) is -5.14. The molecule has 0 radical (unpaired) electrons. The highest BCUT2D eigenvalue weighted by molar-refractivity contribution is 7.56. The van der Waals surface area contributed by atoms with Gasteiger partial charge in [-0.15, -0.1) is 0 Å². The standard InChI is InChI=1S/C40H80N12O14P4/c1-40(2,3)66-69(56,43-39-48(8)18-19-49(39)9)52-22-27-60-35(30-52)32-64-67(54,41-37-44(4)14-15-45(37)5)50-20-25-59-34(28-50)31-63-68(55,42-38-46(6)16-17-47(38)7)51-21-26-61-36(29-51)33-65-70(57,58)62-24-13-11-10-12-23-53/h34-36,53H,10-33H2,1-9H3,(H,57,58)/t34?,35?,36-,67?,68?,69?/m1/s1. The van der Waals surface area contributed by atoms with Crippen molar-refractivity contribution >= 4 is 48.7 Å². The molecule has 26 nitrogen and oxygen atoms in total. The number of phosphoric acid groups is 1. The maximum atomic E-state index is 15.4. The van der Waals surface area contributed by atoms with E-state index in [1.165, 1.54) is 0 Å². The van der Waals surface area contributed by atoms with E-state index in [4.69, 9.17) is 56.2 Å². The van der Waals surface area contributed by atoms with Crippen LogP contribution in [-0.4, -0.2) is 269 Å². The lowest BCUT2D eigenvalue weighted by Gasteiger charge is -2.39. The van der Waals surface area contributed by atoms with Gasteiger partial charge in [0.05, 0.1) is 70.2 Å². The number of guanidine groups is 3. The number of hydrogen-bond acceptors (Lipinski definition) is 13. The van der Waals surface area contributed by atoms with Crippen molar-refractivity contribution in [2.24, 2.45) is 14.3 Å². The first-order chi connectivity index (χ1) is 33.0. The van der Waals surface area contributed by atoms with E-state index in [0.29, 0.717) is 63.4 Å². The predicted octanol–water partition coefficient (Wildman–Crippen LogP) is 2.65. The van der Waals surface area contributed by atoms with Gasteiger partial charge in [-0.1, -0.05) is 12.8 Å². The molecule has 2 N–H and O–H groups in total. The number of phosphoric ester groups is 1. The lowest BCUT2D eigenvalue weighted by atomic mass is 10.2. The SMILES string of the molecule is CN1CCN(C)C1=NP(=O)(OCC1CN(P(=O)(N=C2N(C)CCN2C)OC(C)(C)C)CCO1)N1CCOC(COP(=O)(N=C2N(C)CCN2C)N2CCO[C@@H](COP(=O)(O)OCCCCCCO)C2)C1. The zero-order chi connectivity index (χ0) is 50.9. The van der Waals surface area contributed by atoms with Crippen LogP contribution in [0.4, 0.5) is 0 Å². The molecule has 6 fully saturated rings. The summed E-state index contributed by atoms with van der Waals surface area (Å²) < 4.78 is 125. The molecule has 6 unspecified atom stereocenters. The summed E-state index contributed by atoms with van der Waals surface area (Å²) in [4.78, 5) is 21.9. The number of unbranched alkanes of at least 4 members (excludes halogenated alkanes) is 3. The normalized spacial score (nSPS) is 27.2. The van der Waals surface area contributed by atoms with Crippen LogP contribution in [0.1, 0.15) is 46.5 Å². The van der Waals surface area contributed by atoms with Gasteiger partial charge >= 0.3 is 30.8 Å². The molecule has 6 saturated heterocycles. The monoisotopic (exact) mass is 1080 g/mol. The van der Waals surface area contributed by atoms with E-state index in [1.807, 2.05) is 92.5 Å². The van der Waals surface area contributed by atoms with Crippen molar-refractivity contribution in [1.82, 2.24) is 43.4 Å². The Labute approximate surface area is 414 Å². The summed E-state index contributed by atoms with van der Waals surface area (Å²) in [6.45, 7) is 10.4. The minimum Gasteiger partial charge on any atom is -0.396 e. The van der Waals surface area contributed by atoms with Crippen LogP contribution in [-0.2, 0) is 55.1 Å². The largest absolute Gasteiger partial charge is 0.472 e. The van der Waals surface area contributed by atoms with Crippen LogP contribution in [0.2, 0.25) is 0 Å². The van der Waals surface area contributed by atoms with E-state index < -0.39 is 54.7 Å². The third kappa shape index (κ3) is 15.9. The lowest BCUT2D eigenvalue weighted by Crippen LogP contribution is -2.46. The Balaban J connectivity index is 1.16. The molecule has 6 aliphatic rings. The average molecular weight is 1080 g/mol. The molecule has 0 amide bonds. The van der Waals surface area contributed by atoms with Crippen LogP contribution in [0.25, 0.3) is 0 Å². The average Bonchev–Trinajstić information content (AvgIpc) is 3.93. The Morgan fingerprint density at radius 3 is 1.23 bits per heavy atom. The number of morpholine rings is 3. The Hall–Kier alpha value is -1.79. The first kappa shape index (κ1) is 57.5. The number of aliphatic hydroxyl groups excluding tert-OH is 1. The third-order valence-electron chi connectivity index (χ3n) is 12.4. The maximum absolute atomic E-state index is 15.4. The summed E-state index contributed by atoms with van der Waals surface area (Å²) in [5.41, 5.74) is -0.782. The summed E-state index contributed by atoms with van der Waals surface area (Å²) in [6, 6.07) is 0. The molecular formula is C40H80N12O14P4. The van der Waals surface area contributed by atoms with E-state index in [1.54, 1.807) is 14.0 Å². The number of ether oxygens (including phenoxy) is 3. The van der Waals surface area contributed by atoms with Gasteiger partial charge in [0.2, 0.25) is 17.9 Å². The Morgan fingerprint density at radius 1 is 0.514 bits per heavy atom. The molecule has 0 aliphatic carbocycles. The summed E-state index contributed by atoms with van der Waals surface area (Å²) in [5, 5.41) is 8.98. The van der Waals surface area contributed by atoms with Gasteiger partial charge in [-0.3, -0.25) is 22.6 Å². The number of nitrogens with zero attached hydrogens (tertiary/aromatic N) is 12. The Morgan fingerprint density at radius 2 is 0.857 bits per heavy atom. The topological polar surface area (TPSA) is 249 Å². The van der Waals surface area contributed by atoms with Crippen molar-refractivity contribution in [3.8, 4) is 0 Å². The highest BCUT2D eigenvalue weighted by Gasteiger charge is 2.45. The van der Waals surface area contributed by atoms with Gasteiger partial charge < -0.3 is 53.6 Å². The highest BCUT2D eigenvalue weighted by Crippen LogP contribution is 2.58. The van der Waals surface area contributed by atoms with Crippen molar-refractivity contribution in [2.75, 3.05) is 174 Å². The molecule has 70 heavy (non-hydrogen) atoms. The second kappa shape index (κ2) is 25.2. The molecular weight excluding hydrogens is 996 g/mol. The number of aliphatic hydroxyl groups is 1. The van der Waals surface area contributed by atoms with Gasteiger partial charge in [0, 0.05) is 127 Å². The molecule has 0 aromatic rings. The van der Waals surface area contributed by atoms with Gasteiger partial charge in [-0.05, 0) is 33.6 Å². The molecule has 30 heteroatoms. The van der Waals surface area contributed by atoms with E-state index >= 15 is 9.13 Å². The van der Waals surface area contributed by atoms with E-state index in [9.17, 15) is 14.0 Å². The van der Waals surface area contributed by atoms with E-state index in [2.05, 4.69) is 0 Å². The van der Waals surface area contributed by atoms with Crippen LogP contribution in [0.3, 0.4) is 0 Å². The Kier molecular flexibility index (Phi) is 20.7. The van der Waals surface area contributed by atoms with Crippen LogP contribution in [0, 0.1) is 0 Å². The zero-order valence-corrected chi connectivity index (χ0v) is 46.2. The number of hydrogen-bond donors (Lipinski definition) is 2. The second-order valence-electron chi connectivity index (χ2n) is 19.4. The minimum absolute atomic E-state index is 0.00191. The van der Waals surface area contributed by atoms with Crippen molar-refractivity contribution < 1.29 is 65.1 Å². The molecule has 0 aromatic carbocycles. The van der Waals surface area contributed by atoms with Crippen molar-refractivity contribution in [2.45, 2.75) is 70.4 Å². The summed E-state index contributed by atoms with van der Waals surface area (Å²) in [6.07, 6.45) is 0.508. The van der Waals surface area contributed by atoms with Crippen molar-refractivity contribution in [3.63, 3.8) is 0 Å². The van der Waals surface area contributed by atoms with Crippen LogP contribution >= 0.6 is 30.8 Å². The Bertz CT molecular complexity index is 1990. The van der Waals surface area contributed by atoms with Crippen LogP contribution < -0.4 is 0 Å². The van der Waals surface area contributed by atoms with Gasteiger partial charge in [0.25, 0.3) is 0 Å². The van der Waals surface area contributed by atoms with Gasteiger partial charge in [0.1, 0.15) is 0 Å².